The number of nitrogens with zero attached hydrogens (tertiary/aromatic N) is 2. The summed E-state index contributed by atoms with van der Waals surface area (Å²) in [7, 11) is -2.54. The van der Waals surface area contributed by atoms with E-state index in [1.165, 1.54) is 30.3 Å². The lowest BCUT2D eigenvalue weighted by Gasteiger charge is -2.24. The number of phenols is 1. The van der Waals surface area contributed by atoms with Crippen LogP contribution in [0.15, 0.2) is 65.6 Å². The van der Waals surface area contributed by atoms with Crippen molar-refractivity contribution in [1.29, 1.82) is 0 Å². The molecule has 0 fully saturated rings. The molecular formula is C27H29Cl2FN2O4S. The first-order chi connectivity index (χ1) is 17.4. The van der Waals surface area contributed by atoms with Crippen LogP contribution in [0.5, 0.6) is 5.75 Å². The van der Waals surface area contributed by atoms with Crippen molar-refractivity contribution < 1.29 is 22.7 Å². The average molecular weight is 568 g/mol. The number of hydrogen-bond donors (Lipinski definition) is 1. The summed E-state index contributed by atoms with van der Waals surface area (Å²) >= 11 is 12.0. The van der Waals surface area contributed by atoms with Crippen LogP contribution < -0.4 is 0 Å². The molecule has 0 aliphatic heterocycles. The van der Waals surface area contributed by atoms with Crippen LogP contribution in [0, 0.1) is 11.7 Å². The van der Waals surface area contributed by atoms with Crippen LogP contribution in [0.1, 0.15) is 41.8 Å². The number of amides is 1. The molecule has 0 bridgehead atoms. The molecule has 0 atom stereocenters. The number of carbonyl (C=O) groups is 1. The zero-order chi connectivity index (χ0) is 27.3. The summed E-state index contributed by atoms with van der Waals surface area (Å²) in [5, 5.41) is 10.3. The fourth-order valence-corrected chi connectivity index (χ4v) is 5.79. The van der Waals surface area contributed by atoms with E-state index in [0.717, 1.165) is 16.8 Å². The minimum atomic E-state index is -4.29. The predicted octanol–water partition coefficient (Wildman–Crippen LogP) is 6.35. The van der Waals surface area contributed by atoms with Crippen LogP contribution in [0.4, 0.5) is 4.39 Å². The number of phenolic OH excluding ortho intramolecular Hbond substituents is 1. The average Bonchev–Trinajstić information content (AvgIpc) is 2.85. The van der Waals surface area contributed by atoms with Crippen LogP contribution in [-0.2, 0) is 23.1 Å². The molecular weight excluding hydrogens is 538 g/mol. The summed E-state index contributed by atoms with van der Waals surface area (Å²) in [5.41, 5.74) is 1.64. The SMILES string of the molecule is CC(C)CCN(C)C(=O)c1ccc(CN(Cc2ccc(F)cc2)S(=O)(=O)c2cc(Cl)cc(Cl)c2O)cc1. The van der Waals surface area contributed by atoms with E-state index in [4.69, 9.17) is 23.2 Å². The van der Waals surface area contributed by atoms with Crippen LogP contribution in [0.2, 0.25) is 10.0 Å². The van der Waals surface area contributed by atoms with Crippen LogP contribution >= 0.6 is 23.2 Å². The second-order valence-corrected chi connectivity index (χ2v) is 12.0. The Hall–Kier alpha value is -2.65. The van der Waals surface area contributed by atoms with Gasteiger partial charge in [0.15, 0.2) is 5.75 Å². The molecule has 0 aliphatic carbocycles. The monoisotopic (exact) mass is 566 g/mol. The Morgan fingerprint density at radius 1 is 0.973 bits per heavy atom. The molecule has 3 aromatic rings. The molecule has 0 radical (unpaired) electrons. The lowest BCUT2D eigenvalue weighted by molar-refractivity contribution is 0.0789. The third-order valence-corrected chi connectivity index (χ3v) is 8.14. The lowest BCUT2D eigenvalue weighted by Crippen LogP contribution is -2.30. The molecule has 0 aliphatic rings. The van der Waals surface area contributed by atoms with Gasteiger partial charge in [0.05, 0.1) is 5.02 Å². The molecule has 37 heavy (non-hydrogen) atoms. The molecule has 0 spiro atoms. The van der Waals surface area contributed by atoms with Gasteiger partial charge in [-0.2, -0.15) is 4.31 Å². The number of rotatable bonds is 10. The molecule has 0 heterocycles. The zero-order valence-corrected chi connectivity index (χ0v) is 23.1. The fraction of sp³-hybridized carbons (Fsp3) is 0.296. The highest BCUT2D eigenvalue weighted by Gasteiger charge is 2.29. The van der Waals surface area contributed by atoms with E-state index in [1.54, 1.807) is 36.2 Å². The maximum atomic E-state index is 13.6. The van der Waals surface area contributed by atoms with Gasteiger partial charge < -0.3 is 10.0 Å². The Morgan fingerprint density at radius 3 is 2.05 bits per heavy atom. The van der Waals surface area contributed by atoms with Crippen molar-refractivity contribution >= 4 is 39.1 Å². The van der Waals surface area contributed by atoms with E-state index in [0.29, 0.717) is 29.2 Å². The van der Waals surface area contributed by atoms with Gasteiger partial charge in [0, 0.05) is 37.3 Å². The first-order valence-electron chi connectivity index (χ1n) is 11.7. The quantitative estimate of drug-likeness (QED) is 0.310. The topological polar surface area (TPSA) is 77.9 Å². The number of aromatic hydroxyl groups is 1. The summed E-state index contributed by atoms with van der Waals surface area (Å²) in [6, 6.07) is 14.5. The Morgan fingerprint density at radius 2 is 1.51 bits per heavy atom. The van der Waals surface area contributed by atoms with E-state index in [9.17, 15) is 22.7 Å². The van der Waals surface area contributed by atoms with Crippen LogP contribution in [-0.4, -0.2) is 42.2 Å². The van der Waals surface area contributed by atoms with Gasteiger partial charge in [0.2, 0.25) is 10.0 Å². The smallest absolute Gasteiger partial charge is 0.253 e. The maximum absolute atomic E-state index is 13.6. The normalized spacial score (nSPS) is 11.8. The number of halogens is 3. The third-order valence-electron chi connectivity index (χ3n) is 5.83. The minimum Gasteiger partial charge on any atom is -0.505 e. The predicted molar refractivity (Wildman–Crippen MR) is 144 cm³/mol. The van der Waals surface area contributed by atoms with Crippen molar-refractivity contribution in [2.24, 2.45) is 5.92 Å². The maximum Gasteiger partial charge on any atom is 0.253 e. The van der Waals surface area contributed by atoms with Gasteiger partial charge in [0.1, 0.15) is 10.7 Å². The van der Waals surface area contributed by atoms with Gasteiger partial charge >= 0.3 is 0 Å². The Balaban J connectivity index is 1.91. The Kier molecular flexibility index (Phi) is 9.58. The fourth-order valence-electron chi connectivity index (χ4n) is 3.63. The summed E-state index contributed by atoms with van der Waals surface area (Å²) in [4.78, 5) is 14.0. The van der Waals surface area contributed by atoms with Crippen molar-refractivity contribution in [2.45, 2.75) is 38.3 Å². The standard InChI is InChI=1S/C27H29Cl2FN2O4S/c1-18(2)12-13-31(3)27(34)21-8-4-19(5-9-21)16-32(17-20-6-10-23(30)11-7-20)37(35,36)25-15-22(28)14-24(29)26(25)33/h4-11,14-15,18,33H,12-13,16-17H2,1-3H3. The highest BCUT2D eigenvalue weighted by atomic mass is 35.5. The van der Waals surface area contributed by atoms with Crippen LogP contribution in [0.25, 0.3) is 0 Å². The summed E-state index contributed by atoms with van der Waals surface area (Å²) < 4.78 is 41.8. The molecule has 3 aromatic carbocycles. The van der Waals surface area contributed by atoms with E-state index < -0.39 is 26.5 Å². The molecule has 0 saturated heterocycles. The molecule has 3 rings (SSSR count). The summed E-state index contributed by atoms with van der Waals surface area (Å²) in [5.74, 6) is -0.710. The molecule has 0 saturated carbocycles. The molecule has 0 aromatic heterocycles. The van der Waals surface area contributed by atoms with Gasteiger partial charge in [-0.15, -0.1) is 0 Å². The van der Waals surface area contributed by atoms with Gasteiger partial charge in [-0.3, -0.25) is 4.79 Å². The van der Waals surface area contributed by atoms with Crippen molar-refractivity contribution in [3.05, 3.63) is 93.2 Å². The summed E-state index contributed by atoms with van der Waals surface area (Å²) in [6.07, 6.45) is 0.886. The van der Waals surface area contributed by atoms with E-state index in [2.05, 4.69) is 13.8 Å². The van der Waals surface area contributed by atoms with Gasteiger partial charge in [-0.1, -0.05) is 61.3 Å². The van der Waals surface area contributed by atoms with Gasteiger partial charge in [0.25, 0.3) is 5.91 Å². The van der Waals surface area contributed by atoms with Crippen molar-refractivity contribution in [3.8, 4) is 5.75 Å². The molecule has 198 valence electrons. The van der Waals surface area contributed by atoms with Crippen molar-refractivity contribution in [2.75, 3.05) is 13.6 Å². The number of carbonyl (C=O) groups excluding carboxylic acids is 1. The van der Waals surface area contributed by atoms with Crippen molar-refractivity contribution in [3.63, 3.8) is 0 Å². The number of hydrogen-bond acceptors (Lipinski definition) is 4. The van der Waals surface area contributed by atoms with E-state index in [1.807, 2.05) is 0 Å². The van der Waals surface area contributed by atoms with E-state index in [-0.39, 0.29) is 29.0 Å². The Labute approximate surface area is 227 Å². The largest absolute Gasteiger partial charge is 0.505 e. The highest BCUT2D eigenvalue weighted by molar-refractivity contribution is 7.89. The molecule has 1 N–H and O–H groups in total. The lowest BCUT2D eigenvalue weighted by atomic mass is 10.1. The molecule has 1 amide bonds. The molecule has 10 heteroatoms. The molecule has 6 nitrogen and oxygen atoms in total. The van der Waals surface area contributed by atoms with Crippen molar-refractivity contribution in [1.82, 2.24) is 9.21 Å². The van der Waals surface area contributed by atoms with E-state index >= 15 is 0 Å². The molecule has 0 unspecified atom stereocenters. The van der Waals surface area contributed by atoms with Gasteiger partial charge in [-0.05, 0) is 59.9 Å². The van der Waals surface area contributed by atoms with Crippen LogP contribution in [0.3, 0.4) is 0 Å². The zero-order valence-electron chi connectivity index (χ0n) is 20.8. The Bertz CT molecular complexity index is 1350. The first kappa shape index (κ1) is 28.9. The first-order valence-corrected chi connectivity index (χ1v) is 13.8. The second kappa shape index (κ2) is 12.3. The number of sulfonamides is 1. The summed E-state index contributed by atoms with van der Waals surface area (Å²) in [6.45, 7) is 4.63. The highest BCUT2D eigenvalue weighted by Crippen LogP contribution is 2.36. The minimum absolute atomic E-state index is 0.0487. The number of benzene rings is 3. The van der Waals surface area contributed by atoms with Gasteiger partial charge in [-0.25, -0.2) is 12.8 Å². The second-order valence-electron chi connectivity index (χ2n) is 9.24. The third kappa shape index (κ3) is 7.45.